The summed E-state index contributed by atoms with van der Waals surface area (Å²) in [5.74, 6) is 5.30. The van der Waals surface area contributed by atoms with Gasteiger partial charge in [0.2, 0.25) is 5.91 Å². The number of nitrogens with one attached hydrogen (secondary N) is 2. The second-order valence-electron chi connectivity index (χ2n) is 7.37. The molecular weight excluding hydrogens is 398 g/mol. The van der Waals surface area contributed by atoms with Gasteiger partial charge in [-0.25, -0.2) is 10.8 Å². The van der Waals surface area contributed by atoms with Gasteiger partial charge in [-0.1, -0.05) is 25.4 Å². The molecule has 1 aliphatic heterocycles. The highest BCUT2D eigenvalue weighted by Crippen LogP contribution is 2.24. The van der Waals surface area contributed by atoms with Crippen molar-refractivity contribution in [3.05, 3.63) is 28.8 Å². The zero-order valence-corrected chi connectivity index (χ0v) is 17.5. The van der Waals surface area contributed by atoms with Crippen LogP contribution in [-0.4, -0.2) is 52.5 Å². The van der Waals surface area contributed by atoms with E-state index in [1.165, 1.54) is 11.4 Å². The first-order valence-corrected chi connectivity index (χ1v) is 10.0. The number of benzene rings is 1. The van der Waals surface area contributed by atoms with E-state index in [0.29, 0.717) is 41.6 Å². The SMILES string of the molecule is CC(C)CCC(O)C(O)N1OCCC1C(=O)NCc1cc(Cl)ccc1N=CNN. The zero-order valence-electron chi connectivity index (χ0n) is 16.7. The van der Waals surface area contributed by atoms with Gasteiger partial charge < -0.3 is 21.0 Å². The average molecular weight is 428 g/mol. The molecule has 0 radical (unpaired) electrons. The topological polar surface area (TPSA) is 132 Å². The summed E-state index contributed by atoms with van der Waals surface area (Å²) >= 11 is 6.05. The van der Waals surface area contributed by atoms with Crippen molar-refractivity contribution in [2.45, 2.75) is 58.0 Å². The molecule has 1 fully saturated rings. The maximum absolute atomic E-state index is 12.7. The van der Waals surface area contributed by atoms with Crippen LogP contribution >= 0.6 is 11.6 Å². The number of hydrogen-bond donors (Lipinski definition) is 5. The maximum atomic E-state index is 12.7. The Bertz CT molecular complexity index is 703. The summed E-state index contributed by atoms with van der Waals surface area (Å²) in [4.78, 5) is 22.3. The molecule has 162 valence electrons. The molecule has 0 aliphatic carbocycles. The minimum absolute atomic E-state index is 0.187. The van der Waals surface area contributed by atoms with Gasteiger partial charge in [-0.2, -0.15) is 0 Å². The van der Waals surface area contributed by atoms with E-state index in [-0.39, 0.29) is 12.5 Å². The molecule has 29 heavy (non-hydrogen) atoms. The molecule has 1 saturated heterocycles. The Labute approximate surface area is 175 Å². The van der Waals surface area contributed by atoms with Crippen molar-refractivity contribution in [1.82, 2.24) is 15.8 Å². The summed E-state index contributed by atoms with van der Waals surface area (Å²) < 4.78 is 0. The first-order chi connectivity index (χ1) is 13.8. The number of rotatable bonds is 10. The predicted octanol–water partition coefficient (Wildman–Crippen LogP) is 1.20. The lowest BCUT2D eigenvalue weighted by Gasteiger charge is -2.30. The first-order valence-electron chi connectivity index (χ1n) is 9.65. The van der Waals surface area contributed by atoms with Gasteiger partial charge >= 0.3 is 0 Å². The molecule has 3 unspecified atom stereocenters. The van der Waals surface area contributed by atoms with E-state index in [1.807, 2.05) is 13.8 Å². The fourth-order valence-corrected chi connectivity index (χ4v) is 3.24. The summed E-state index contributed by atoms with van der Waals surface area (Å²) in [6.45, 7) is 4.56. The summed E-state index contributed by atoms with van der Waals surface area (Å²) in [7, 11) is 0. The zero-order chi connectivity index (χ0) is 21.4. The van der Waals surface area contributed by atoms with Crippen molar-refractivity contribution in [2.75, 3.05) is 6.61 Å². The molecule has 3 atom stereocenters. The Morgan fingerprint density at radius 2 is 2.21 bits per heavy atom. The van der Waals surface area contributed by atoms with Crippen LogP contribution in [0.5, 0.6) is 0 Å². The second-order valence-corrected chi connectivity index (χ2v) is 7.80. The van der Waals surface area contributed by atoms with Crippen LogP contribution in [0.1, 0.15) is 38.7 Å². The second kappa shape index (κ2) is 11.4. The number of hydroxylamine groups is 2. The number of carbonyl (C=O) groups is 1. The minimum atomic E-state index is -1.27. The number of nitrogens with zero attached hydrogens (tertiary/aromatic N) is 2. The summed E-state index contributed by atoms with van der Waals surface area (Å²) in [6.07, 6.45) is 0.662. The lowest BCUT2D eigenvalue weighted by atomic mass is 10.0. The molecule has 1 amide bonds. The van der Waals surface area contributed by atoms with Crippen LogP contribution in [0.4, 0.5) is 5.69 Å². The standard InChI is InChI=1S/C19H30ClN5O4/c1-12(2)3-6-17(26)19(28)25-16(7-8-29-25)18(27)22-10-13-9-14(20)4-5-15(13)23-11-24-21/h4-5,9,11-12,16-17,19,26,28H,3,6-8,10,21H2,1-2H3,(H,22,27)(H,23,24). The number of halogens is 1. The Balaban J connectivity index is 1.99. The van der Waals surface area contributed by atoms with Gasteiger partial charge in [-0.3, -0.25) is 9.63 Å². The van der Waals surface area contributed by atoms with Gasteiger partial charge in [0.1, 0.15) is 12.4 Å². The van der Waals surface area contributed by atoms with Crippen molar-refractivity contribution in [3.8, 4) is 0 Å². The largest absolute Gasteiger partial charge is 0.389 e. The molecule has 9 nitrogen and oxygen atoms in total. The van der Waals surface area contributed by atoms with Crippen LogP contribution in [0.3, 0.4) is 0 Å². The molecule has 0 bridgehead atoms. The molecule has 1 aromatic rings. The van der Waals surface area contributed by atoms with Gasteiger partial charge in [0.05, 0.1) is 18.4 Å². The van der Waals surface area contributed by atoms with Crippen molar-refractivity contribution < 1.29 is 19.8 Å². The lowest BCUT2D eigenvalue weighted by Crippen LogP contribution is -2.51. The van der Waals surface area contributed by atoms with Crippen LogP contribution < -0.4 is 16.6 Å². The predicted molar refractivity (Wildman–Crippen MR) is 111 cm³/mol. The molecule has 0 saturated carbocycles. The normalized spacial score (nSPS) is 19.6. The third-order valence-electron chi connectivity index (χ3n) is 4.66. The third kappa shape index (κ3) is 6.91. The smallest absolute Gasteiger partial charge is 0.240 e. The van der Waals surface area contributed by atoms with E-state index < -0.39 is 18.4 Å². The van der Waals surface area contributed by atoms with Crippen LogP contribution in [0, 0.1) is 5.92 Å². The van der Waals surface area contributed by atoms with E-state index in [1.54, 1.807) is 18.2 Å². The number of hydrazine groups is 1. The molecular formula is C19H30ClN5O4. The Hall–Kier alpha value is -1.75. The quantitative estimate of drug-likeness (QED) is 0.164. The fraction of sp³-hybridized carbons (Fsp3) is 0.579. The van der Waals surface area contributed by atoms with Crippen molar-refractivity contribution in [2.24, 2.45) is 16.8 Å². The summed E-state index contributed by atoms with van der Waals surface area (Å²) in [6, 6.07) is 4.42. The highest BCUT2D eigenvalue weighted by molar-refractivity contribution is 6.30. The average Bonchev–Trinajstić information content (AvgIpc) is 3.18. The van der Waals surface area contributed by atoms with E-state index in [4.69, 9.17) is 22.3 Å². The number of hydrogen-bond acceptors (Lipinski definition) is 7. The molecule has 1 aromatic carbocycles. The molecule has 6 N–H and O–H groups in total. The van der Waals surface area contributed by atoms with E-state index in [0.717, 1.165) is 6.42 Å². The maximum Gasteiger partial charge on any atom is 0.240 e. The number of nitrogens with two attached hydrogens (primary N) is 1. The van der Waals surface area contributed by atoms with Crippen LogP contribution in [0.25, 0.3) is 0 Å². The van der Waals surface area contributed by atoms with E-state index >= 15 is 0 Å². The highest BCUT2D eigenvalue weighted by Gasteiger charge is 2.39. The van der Waals surface area contributed by atoms with Crippen LogP contribution in [-0.2, 0) is 16.2 Å². The Kier molecular flexibility index (Phi) is 9.28. The van der Waals surface area contributed by atoms with Crippen molar-refractivity contribution in [1.29, 1.82) is 0 Å². The number of amides is 1. The minimum Gasteiger partial charge on any atom is -0.389 e. The molecule has 2 rings (SSSR count). The monoisotopic (exact) mass is 427 g/mol. The molecule has 0 spiro atoms. The van der Waals surface area contributed by atoms with Crippen molar-refractivity contribution in [3.63, 3.8) is 0 Å². The van der Waals surface area contributed by atoms with Gasteiger partial charge in [-0.05, 0) is 48.9 Å². The van der Waals surface area contributed by atoms with Gasteiger partial charge in [-0.15, -0.1) is 5.06 Å². The Morgan fingerprint density at radius 3 is 2.90 bits per heavy atom. The summed E-state index contributed by atoms with van der Waals surface area (Å²) in [5.41, 5.74) is 3.64. The van der Waals surface area contributed by atoms with Gasteiger partial charge in [0.15, 0.2) is 6.23 Å². The number of aliphatic hydroxyl groups is 2. The van der Waals surface area contributed by atoms with Crippen molar-refractivity contribution >= 4 is 29.5 Å². The lowest BCUT2D eigenvalue weighted by molar-refractivity contribution is -0.247. The Morgan fingerprint density at radius 1 is 1.45 bits per heavy atom. The van der Waals surface area contributed by atoms with Crippen LogP contribution in [0.15, 0.2) is 23.2 Å². The molecule has 1 heterocycles. The van der Waals surface area contributed by atoms with Gasteiger partial charge in [0.25, 0.3) is 0 Å². The van der Waals surface area contributed by atoms with E-state index in [9.17, 15) is 15.0 Å². The van der Waals surface area contributed by atoms with Gasteiger partial charge in [0, 0.05) is 11.6 Å². The number of aliphatic hydroxyl groups excluding tert-OH is 2. The molecule has 0 aromatic heterocycles. The third-order valence-corrected chi connectivity index (χ3v) is 4.89. The molecule has 1 aliphatic rings. The van der Waals surface area contributed by atoms with Crippen LogP contribution in [0.2, 0.25) is 5.02 Å². The highest BCUT2D eigenvalue weighted by atomic mass is 35.5. The van der Waals surface area contributed by atoms with E-state index in [2.05, 4.69) is 15.7 Å². The molecule has 10 heteroatoms. The number of aliphatic imine (C=N–C) groups is 1. The summed E-state index contributed by atoms with van der Waals surface area (Å²) in [5, 5.41) is 25.2. The first kappa shape index (κ1) is 23.5. The fourth-order valence-electron chi connectivity index (χ4n) is 3.05. The number of carbonyl (C=O) groups excluding carboxylic acids is 1.